The summed E-state index contributed by atoms with van der Waals surface area (Å²) < 4.78 is 29.8. The molecule has 0 aliphatic carbocycles. The lowest BCUT2D eigenvalue weighted by Crippen LogP contribution is -2.33. The summed E-state index contributed by atoms with van der Waals surface area (Å²) in [5, 5.41) is 3.55. The second-order valence-electron chi connectivity index (χ2n) is 7.77. The number of aromatic nitrogens is 1. The van der Waals surface area contributed by atoms with E-state index in [2.05, 4.69) is 10.2 Å². The van der Waals surface area contributed by atoms with Crippen molar-refractivity contribution in [3.8, 4) is 16.9 Å². The van der Waals surface area contributed by atoms with Crippen LogP contribution in [0.5, 0.6) is 0 Å². The van der Waals surface area contributed by atoms with Crippen molar-refractivity contribution in [2.45, 2.75) is 19.8 Å². The summed E-state index contributed by atoms with van der Waals surface area (Å²) >= 11 is 6.02. The Labute approximate surface area is 185 Å². The minimum atomic E-state index is -0.699. The van der Waals surface area contributed by atoms with Crippen molar-refractivity contribution in [3.63, 3.8) is 0 Å². The number of nitrogens with one attached hydrogen (secondary N) is 1. The highest BCUT2D eigenvalue weighted by Gasteiger charge is 2.22. The summed E-state index contributed by atoms with van der Waals surface area (Å²) in [6.45, 7) is 5.25. The molecule has 4 rings (SSSR count). The number of hydrogen-bond acceptors (Lipinski definition) is 2. The fraction of sp³-hybridized carbons (Fsp3) is 0.292. The summed E-state index contributed by atoms with van der Waals surface area (Å²) in [5.41, 5.74) is 2.61. The predicted molar refractivity (Wildman–Crippen MR) is 119 cm³/mol. The maximum Gasteiger partial charge on any atom is 0.253 e. The lowest BCUT2D eigenvalue weighted by atomic mass is 10.1. The molecule has 0 radical (unpaired) electrons. The van der Waals surface area contributed by atoms with E-state index in [1.54, 1.807) is 29.7 Å². The molecule has 1 aliphatic heterocycles. The molecule has 0 bridgehead atoms. The van der Waals surface area contributed by atoms with Crippen molar-refractivity contribution in [1.29, 1.82) is 0 Å². The van der Waals surface area contributed by atoms with Crippen LogP contribution in [0.1, 0.15) is 28.9 Å². The second kappa shape index (κ2) is 9.20. The molecule has 31 heavy (non-hydrogen) atoms. The lowest BCUT2D eigenvalue weighted by molar-refractivity contribution is 0.0949. The van der Waals surface area contributed by atoms with E-state index < -0.39 is 11.6 Å². The molecule has 1 N–H and O–H groups in total. The van der Waals surface area contributed by atoms with Gasteiger partial charge in [0.2, 0.25) is 0 Å². The van der Waals surface area contributed by atoms with Crippen molar-refractivity contribution in [1.82, 2.24) is 14.8 Å². The van der Waals surface area contributed by atoms with E-state index in [0.29, 0.717) is 28.5 Å². The SMILES string of the molecule is Cc1c(C(=O)NCCN2CCCC2)cc(-c2ccc(Cl)cc2)n1-c1ccc(F)cc1F. The molecule has 7 heteroatoms. The monoisotopic (exact) mass is 443 g/mol. The van der Waals surface area contributed by atoms with E-state index in [1.807, 2.05) is 12.1 Å². The van der Waals surface area contributed by atoms with E-state index in [-0.39, 0.29) is 11.6 Å². The fourth-order valence-corrected chi connectivity index (χ4v) is 4.20. The summed E-state index contributed by atoms with van der Waals surface area (Å²) in [5.74, 6) is -1.57. The molecule has 0 spiro atoms. The van der Waals surface area contributed by atoms with Crippen molar-refractivity contribution in [3.05, 3.63) is 76.4 Å². The number of amides is 1. The van der Waals surface area contributed by atoms with Crippen molar-refractivity contribution in [2.75, 3.05) is 26.2 Å². The third-order valence-electron chi connectivity index (χ3n) is 5.69. The molecule has 0 unspecified atom stereocenters. The molecule has 4 nitrogen and oxygen atoms in total. The van der Waals surface area contributed by atoms with Gasteiger partial charge in [0.05, 0.1) is 16.9 Å². The van der Waals surface area contributed by atoms with Gasteiger partial charge in [-0.25, -0.2) is 8.78 Å². The zero-order valence-corrected chi connectivity index (χ0v) is 18.1. The van der Waals surface area contributed by atoms with Crippen LogP contribution in [0, 0.1) is 18.6 Å². The lowest BCUT2D eigenvalue weighted by Gasteiger charge is -2.15. The molecular formula is C24H24ClF2N3O. The van der Waals surface area contributed by atoms with Gasteiger partial charge < -0.3 is 14.8 Å². The fourth-order valence-electron chi connectivity index (χ4n) is 4.07. The minimum Gasteiger partial charge on any atom is -0.351 e. The third-order valence-corrected chi connectivity index (χ3v) is 5.95. The normalized spacial score (nSPS) is 14.2. The average molecular weight is 444 g/mol. The Morgan fingerprint density at radius 1 is 1.06 bits per heavy atom. The molecule has 2 heterocycles. The average Bonchev–Trinajstić information content (AvgIpc) is 3.37. The van der Waals surface area contributed by atoms with Gasteiger partial charge in [-0.1, -0.05) is 23.7 Å². The van der Waals surface area contributed by atoms with Gasteiger partial charge in [-0.15, -0.1) is 0 Å². The molecule has 1 aliphatic rings. The Hall–Kier alpha value is -2.70. The van der Waals surface area contributed by atoms with Crippen LogP contribution in [-0.4, -0.2) is 41.6 Å². The van der Waals surface area contributed by atoms with Crippen LogP contribution in [0.25, 0.3) is 16.9 Å². The maximum absolute atomic E-state index is 14.7. The summed E-state index contributed by atoms with van der Waals surface area (Å²) in [7, 11) is 0. The first kappa shape index (κ1) is 21.5. The molecule has 2 aromatic carbocycles. The highest BCUT2D eigenvalue weighted by molar-refractivity contribution is 6.30. The number of likely N-dealkylation sites (tertiary alicyclic amines) is 1. The standard InChI is InChI=1S/C24H24ClF2N3O/c1-16-20(24(31)28-10-13-29-11-2-3-12-29)15-23(17-4-6-18(25)7-5-17)30(16)22-9-8-19(26)14-21(22)27/h4-9,14-15H,2-3,10-13H2,1H3,(H,28,31). The van der Waals surface area contributed by atoms with Gasteiger partial charge in [0.15, 0.2) is 0 Å². The van der Waals surface area contributed by atoms with Gasteiger partial charge in [0.25, 0.3) is 5.91 Å². The molecule has 162 valence electrons. The van der Waals surface area contributed by atoms with Gasteiger partial charge in [0.1, 0.15) is 11.6 Å². The first-order valence-corrected chi connectivity index (χ1v) is 10.8. The molecule has 3 aromatic rings. The quantitative estimate of drug-likeness (QED) is 0.567. The first-order valence-electron chi connectivity index (χ1n) is 10.4. The number of rotatable bonds is 6. The Morgan fingerprint density at radius 3 is 2.45 bits per heavy atom. The van der Waals surface area contributed by atoms with Crippen molar-refractivity contribution < 1.29 is 13.6 Å². The molecule has 0 atom stereocenters. The number of halogens is 3. The number of hydrogen-bond donors (Lipinski definition) is 1. The number of carbonyl (C=O) groups excluding carboxylic acids is 1. The maximum atomic E-state index is 14.7. The van der Waals surface area contributed by atoms with Crippen LogP contribution in [0.4, 0.5) is 8.78 Å². The number of carbonyl (C=O) groups is 1. The van der Waals surface area contributed by atoms with Crippen LogP contribution in [0.15, 0.2) is 48.5 Å². The van der Waals surface area contributed by atoms with Gasteiger partial charge in [-0.05, 0) is 68.8 Å². The number of benzene rings is 2. The Morgan fingerprint density at radius 2 is 1.77 bits per heavy atom. The third kappa shape index (κ3) is 4.65. The van der Waals surface area contributed by atoms with E-state index >= 15 is 0 Å². The second-order valence-corrected chi connectivity index (χ2v) is 8.21. The van der Waals surface area contributed by atoms with E-state index in [9.17, 15) is 13.6 Å². The zero-order chi connectivity index (χ0) is 22.0. The zero-order valence-electron chi connectivity index (χ0n) is 17.3. The highest BCUT2D eigenvalue weighted by Crippen LogP contribution is 2.31. The summed E-state index contributed by atoms with van der Waals surface area (Å²) in [4.78, 5) is 15.3. The molecule has 0 saturated carbocycles. The summed E-state index contributed by atoms with van der Waals surface area (Å²) in [6.07, 6.45) is 2.40. The van der Waals surface area contributed by atoms with E-state index in [1.165, 1.54) is 25.0 Å². The Kier molecular flexibility index (Phi) is 6.39. The first-order chi connectivity index (χ1) is 14.9. The molecular weight excluding hydrogens is 420 g/mol. The van der Waals surface area contributed by atoms with Gasteiger partial charge in [-0.2, -0.15) is 0 Å². The van der Waals surface area contributed by atoms with Crippen LogP contribution >= 0.6 is 11.6 Å². The van der Waals surface area contributed by atoms with Gasteiger partial charge >= 0.3 is 0 Å². The number of nitrogens with zero attached hydrogens (tertiary/aromatic N) is 2. The van der Waals surface area contributed by atoms with Gasteiger partial charge in [-0.3, -0.25) is 4.79 Å². The molecule has 1 fully saturated rings. The molecule has 1 aromatic heterocycles. The summed E-state index contributed by atoms with van der Waals surface area (Å²) in [6, 6.07) is 12.3. The van der Waals surface area contributed by atoms with Crippen molar-refractivity contribution >= 4 is 17.5 Å². The molecule has 1 amide bonds. The van der Waals surface area contributed by atoms with Crippen LogP contribution in [-0.2, 0) is 0 Å². The Balaban J connectivity index is 1.69. The molecule has 1 saturated heterocycles. The minimum absolute atomic E-state index is 0.181. The smallest absolute Gasteiger partial charge is 0.253 e. The van der Waals surface area contributed by atoms with Crippen LogP contribution in [0.3, 0.4) is 0 Å². The topological polar surface area (TPSA) is 37.3 Å². The van der Waals surface area contributed by atoms with Crippen molar-refractivity contribution in [2.24, 2.45) is 0 Å². The largest absolute Gasteiger partial charge is 0.351 e. The Bertz CT molecular complexity index is 1090. The van der Waals surface area contributed by atoms with Crippen LogP contribution in [0.2, 0.25) is 5.02 Å². The van der Waals surface area contributed by atoms with Crippen LogP contribution < -0.4 is 5.32 Å². The highest BCUT2D eigenvalue weighted by atomic mass is 35.5. The van der Waals surface area contributed by atoms with E-state index in [0.717, 1.165) is 31.3 Å². The van der Waals surface area contributed by atoms with E-state index in [4.69, 9.17) is 11.6 Å². The van der Waals surface area contributed by atoms with Gasteiger partial charge in [0, 0.05) is 29.9 Å². The predicted octanol–water partition coefficient (Wildman–Crippen LogP) is 5.21.